The molecule has 0 radical (unpaired) electrons. The highest BCUT2D eigenvalue weighted by molar-refractivity contribution is 6.37. The van der Waals surface area contributed by atoms with Gasteiger partial charge < -0.3 is 15.2 Å². The summed E-state index contributed by atoms with van der Waals surface area (Å²) in [4.78, 5) is 36.4. The van der Waals surface area contributed by atoms with Gasteiger partial charge in [-0.2, -0.15) is 26.3 Å². The average Bonchev–Trinajstić information content (AvgIpc) is 2.78. The van der Waals surface area contributed by atoms with Crippen molar-refractivity contribution in [1.82, 2.24) is 9.13 Å². The number of anilines is 1. The van der Waals surface area contributed by atoms with Crippen LogP contribution in [0.5, 0.6) is 11.6 Å². The van der Waals surface area contributed by atoms with Gasteiger partial charge in [0, 0.05) is 19.8 Å². The molecule has 0 aliphatic rings. The summed E-state index contributed by atoms with van der Waals surface area (Å²) in [6.45, 7) is 0. The number of ether oxygens (including phenoxy) is 2. The predicted molar refractivity (Wildman–Crippen MR) is 110 cm³/mol. The first-order valence-corrected chi connectivity index (χ1v) is 10.1. The van der Waals surface area contributed by atoms with Crippen LogP contribution < -0.4 is 21.3 Å². The van der Waals surface area contributed by atoms with Gasteiger partial charge in [-0.15, -0.1) is 0 Å². The Morgan fingerprint density at radius 1 is 1.00 bits per heavy atom. The molecule has 0 saturated carbocycles. The molecule has 38 heavy (non-hydrogen) atoms. The number of hydrogen-bond acceptors (Lipinski definition) is 6. The molecule has 0 aliphatic heterocycles. The van der Waals surface area contributed by atoms with Crippen molar-refractivity contribution in [2.45, 2.75) is 30.9 Å². The van der Waals surface area contributed by atoms with Crippen LogP contribution in [-0.2, 0) is 18.8 Å². The highest BCUT2D eigenvalue weighted by atomic mass is 35.5. The monoisotopic (exact) mass is 607 g/mol. The lowest BCUT2D eigenvalue weighted by Crippen LogP contribution is -2.52. The minimum Gasteiger partial charge on any atom is -0.494 e. The summed E-state index contributed by atoms with van der Waals surface area (Å²) in [6, 6.07) is 1.18. The number of halogens is 11. The van der Waals surface area contributed by atoms with Gasteiger partial charge in [0.1, 0.15) is 0 Å². The van der Waals surface area contributed by atoms with Gasteiger partial charge in [0.25, 0.3) is 11.5 Å². The van der Waals surface area contributed by atoms with E-state index in [1.807, 2.05) is 5.32 Å². The van der Waals surface area contributed by atoms with Gasteiger partial charge in [-0.05, 0) is 12.1 Å². The van der Waals surface area contributed by atoms with E-state index in [1.54, 1.807) is 0 Å². The summed E-state index contributed by atoms with van der Waals surface area (Å²) in [5.74, 6) is -10.1. The maximum atomic E-state index is 13.9. The Bertz CT molecular complexity index is 1340. The molecule has 1 heterocycles. The Labute approximate surface area is 213 Å². The highest BCUT2D eigenvalue weighted by Crippen LogP contribution is 2.44. The van der Waals surface area contributed by atoms with E-state index in [4.69, 9.17) is 23.2 Å². The van der Waals surface area contributed by atoms with E-state index >= 15 is 0 Å². The van der Waals surface area contributed by atoms with E-state index in [0.29, 0.717) is 21.3 Å². The van der Waals surface area contributed by atoms with Crippen LogP contribution in [-0.4, -0.2) is 51.1 Å². The summed E-state index contributed by atoms with van der Waals surface area (Å²) in [5.41, 5.74) is -3.67. The zero-order valence-electron chi connectivity index (χ0n) is 18.3. The van der Waals surface area contributed by atoms with Crippen molar-refractivity contribution in [3.05, 3.63) is 48.6 Å². The second-order valence-electron chi connectivity index (χ2n) is 7.17. The van der Waals surface area contributed by atoms with E-state index < -0.39 is 81.0 Å². The molecule has 0 fully saturated rings. The van der Waals surface area contributed by atoms with Gasteiger partial charge >= 0.3 is 36.6 Å². The third-order valence-corrected chi connectivity index (χ3v) is 5.09. The van der Waals surface area contributed by atoms with Gasteiger partial charge in [0.05, 0.1) is 10.0 Å². The zero-order valence-corrected chi connectivity index (χ0v) is 19.9. The van der Waals surface area contributed by atoms with Crippen molar-refractivity contribution in [3.63, 3.8) is 0 Å². The number of amides is 1. The van der Waals surface area contributed by atoms with Crippen molar-refractivity contribution in [1.29, 1.82) is 0 Å². The fraction of sp³-hybridized carbons (Fsp3) is 0.389. The molecule has 0 aliphatic carbocycles. The Morgan fingerprint density at radius 3 is 1.97 bits per heavy atom. The van der Waals surface area contributed by atoms with Gasteiger partial charge in [-0.25, -0.2) is 18.0 Å². The van der Waals surface area contributed by atoms with Gasteiger partial charge in [-0.3, -0.25) is 23.5 Å². The smallest absolute Gasteiger partial charge is 0.456 e. The molecule has 1 unspecified atom stereocenters. The van der Waals surface area contributed by atoms with Gasteiger partial charge in [0.15, 0.2) is 11.3 Å². The van der Waals surface area contributed by atoms with Crippen molar-refractivity contribution in [2.75, 3.05) is 5.32 Å². The predicted octanol–water partition coefficient (Wildman–Crippen LogP) is 4.13. The number of hydrogen-bond donors (Lipinski definition) is 2. The number of aromatic nitrogens is 2. The maximum Gasteiger partial charge on any atom is 0.456 e. The number of rotatable bonds is 9. The molecule has 20 heteroatoms. The molecule has 0 bridgehead atoms. The van der Waals surface area contributed by atoms with Crippen molar-refractivity contribution >= 4 is 34.8 Å². The maximum absolute atomic E-state index is 13.9. The quantitative estimate of drug-likeness (QED) is 0.415. The lowest BCUT2D eigenvalue weighted by molar-refractivity contribution is -0.430. The zero-order chi connectivity index (χ0) is 29.5. The summed E-state index contributed by atoms with van der Waals surface area (Å²) in [7, 11) is 1.99. The van der Waals surface area contributed by atoms with Crippen LogP contribution in [0.3, 0.4) is 0 Å². The second kappa shape index (κ2) is 10.6. The minimum absolute atomic E-state index is 0.462. The number of carbonyl (C=O) groups excluding carboxylic acids is 1. The van der Waals surface area contributed by atoms with E-state index in [9.17, 15) is 59.0 Å². The molecule has 2 aromatic rings. The Balaban J connectivity index is 2.32. The summed E-state index contributed by atoms with van der Waals surface area (Å²) in [5, 5.41) is 9.98. The molecule has 1 amide bonds. The molecular formula is C18H12Cl2F9N3O6. The van der Waals surface area contributed by atoms with Crippen LogP contribution in [0.4, 0.5) is 45.2 Å². The van der Waals surface area contributed by atoms with E-state index in [2.05, 4.69) is 9.47 Å². The van der Waals surface area contributed by atoms with Crippen LogP contribution >= 0.6 is 23.2 Å². The van der Waals surface area contributed by atoms with Gasteiger partial charge in [-0.1, -0.05) is 23.2 Å². The van der Waals surface area contributed by atoms with Gasteiger partial charge in [0.2, 0.25) is 5.88 Å². The normalized spacial score (nSPS) is 13.5. The van der Waals surface area contributed by atoms with Crippen molar-refractivity contribution in [2.24, 2.45) is 14.1 Å². The van der Waals surface area contributed by atoms with Crippen molar-refractivity contribution in [3.8, 4) is 11.6 Å². The Hall–Kier alpha value is -3.12. The molecule has 0 spiro atoms. The number of nitrogens with zero attached hydrogens (tertiary/aromatic N) is 2. The number of alkyl halides is 9. The molecule has 0 saturated heterocycles. The second-order valence-corrected chi connectivity index (χ2v) is 7.98. The Morgan fingerprint density at radius 2 is 1.50 bits per heavy atom. The minimum atomic E-state index is -6.40. The van der Waals surface area contributed by atoms with E-state index in [1.165, 1.54) is 0 Å². The molecule has 2 rings (SSSR count). The topological polar surface area (TPSA) is 112 Å². The standard InChI is InChI=1S/C18H12Cl2F9N3O6/c1-31-11(34)8(12(35)32(2)15(31)36)10(33)30-5-3-6(19)9(7(20)4-5)37-17(26,27)14(23)38-18(28,29)16(24,25)13(21)22/h3-4,13-14,34H,1-2H3,(H,30,33). The first-order valence-electron chi connectivity index (χ1n) is 9.37. The SMILES string of the molecule is Cn1c(O)c(C(=O)Nc2cc(Cl)c(OC(F)(F)C(F)OC(F)(F)C(F)(F)C(F)F)c(Cl)c2)c(=O)n(C)c1=O. The highest BCUT2D eigenvalue weighted by Gasteiger charge is 2.67. The van der Waals surface area contributed by atoms with Crippen LogP contribution in [0.1, 0.15) is 10.4 Å². The fourth-order valence-electron chi connectivity index (χ4n) is 2.54. The first-order chi connectivity index (χ1) is 17.2. The summed E-state index contributed by atoms with van der Waals surface area (Å²) >= 11 is 11.3. The third-order valence-electron chi connectivity index (χ3n) is 4.53. The number of carbonyl (C=O) groups is 1. The largest absolute Gasteiger partial charge is 0.494 e. The number of benzene rings is 1. The molecule has 1 aromatic heterocycles. The third kappa shape index (κ3) is 5.80. The first kappa shape index (κ1) is 31.1. The molecule has 9 nitrogen and oxygen atoms in total. The van der Waals surface area contributed by atoms with Crippen LogP contribution in [0.15, 0.2) is 21.7 Å². The van der Waals surface area contributed by atoms with E-state index in [0.717, 1.165) is 14.1 Å². The van der Waals surface area contributed by atoms with Crippen LogP contribution in [0.2, 0.25) is 10.0 Å². The summed E-state index contributed by atoms with van der Waals surface area (Å²) < 4.78 is 125. The van der Waals surface area contributed by atoms with E-state index in [-0.39, 0.29) is 0 Å². The summed E-state index contributed by atoms with van der Waals surface area (Å²) in [6.07, 6.45) is -21.8. The lowest BCUT2D eigenvalue weighted by atomic mass is 10.2. The molecule has 1 atom stereocenters. The lowest BCUT2D eigenvalue weighted by Gasteiger charge is -2.29. The number of aromatic hydroxyl groups is 1. The average molecular weight is 608 g/mol. The molecule has 212 valence electrons. The molecular weight excluding hydrogens is 596 g/mol. The van der Waals surface area contributed by atoms with Crippen molar-refractivity contribution < 1.29 is 58.9 Å². The molecule has 1 aromatic carbocycles. The number of nitrogens with one attached hydrogen (secondary N) is 1. The molecule has 2 N–H and O–H groups in total. The Kier molecular flexibility index (Phi) is 8.65. The fourth-order valence-corrected chi connectivity index (χ4v) is 3.11. The van der Waals surface area contributed by atoms with Crippen LogP contribution in [0, 0.1) is 0 Å². The van der Waals surface area contributed by atoms with Crippen LogP contribution in [0.25, 0.3) is 0 Å².